The van der Waals surface area contributed by atoms with Crippen molar-refractivity contribution in [1.82, 2.24) is 24.9 Å². The molecule has 1 amide bonds. The Balaban J connectivity index is 1.76. The predicted octanol–water partition coefficient (Wildman–Crippen LogP) is 2.86. The number of thiophene rings is 1. The van der Waals surface area contributed by atoms with Crippen molar-refractivity contribution in [2.24, 2.45) is 5.92 Å². The molecule has 126 valence electrons. The van der Waals surface area contributed by atoms with Gasteiger partial charge >= 0.3 is 0 Å². The molecule has 0 saturated heterocycles. The third-order valence-corrected chi connectivity index (χ3v) is 4.77. The van der Waals surface area contributed by atoms with Crippen LogP contribution in [0.4, 0.5) is 0 Å². The molecule has 0 aliphatic carbocycles. The van der Waals surface area contributed by atoms with E-state index in [0.29, 0.717) is 17.5 Å². The van der Waals surface area contributed by atoms with Crippen LogP contribution in [0, 0.1) is 19.8 Å². The van der Waals surface area contributed by atoms with Crippen LogP contribution in [0.5, 0.6) is 0 Å². The van der Waals surface area contributed by atoms with Gasteiger partial charge < -0.3 is 5.32 Å². The van der Waals surface area contributed by atoms with Crippen molar-refractivity contribution < 1.29 is 4.79 Å². The highest BCUT2D eigenvalue weighted by molar-refractivity contribution is 7.10. The minimum Gasteiger partial charge on any atom is -0.348 e. The van der Waals surface area contributed by atoms with Crippen molar-refractivity contribution >= 4 is 23.0 Å². The quantitative estimate of drug-likeness (QED) is 0.773. The molecule has 3 rings (SSSR count). The number of carbonyl (C=O) groups is 1. The Bertz CT molecular complexity index is 853. The van der Waals surface area contributed by atoms with E-state index in [1.807, 2.05) is 31.4 Å². The number of aromatic nitrogens is 4. The van der Waals surface area contributed by atoms with Crippen molar-refractivity contribution in [2.75, 3.05) is 0 Å². The number of amides is 1. The number of nitrogens with zero attached hydrogens (tertiary/aromatic N) is 4. The Labute approximate surface area is 145 Å². The fourth-order valence-electron chi connectivity index (χ4n) is 2.69. The lowest BCUT2D eigenvalue weighted by atomic mass is 10.0. The van der Waals surface area contributed by atoms with Crippen LogP contribution in [-0.2, 0) is 11.2 Å². The van der Waals surface area contributed by atoms with Crippen molar-refractivity contribution in [3.63, 3.8) is 0 Å². The minimum absolute atomic E-state index is 0.0108. The van der Waals surface area contributed by atoms with Crippen molar-refractivity contribution in [1.29, 1.82) is 0 Å². The number of carbonyl (C=O) groups excluding carboxylic acids is 1. The molecule has 24 heavy (non-hydrogen) atoms. The van der Waals surface area contributed by atoms with Crippen molar-refractivity contribution in [3.8, 4) is 0 Å². The van der Waals surface area contributed by atoms with E-state index in [1.54, 1.807) is 15.9 Å². The Morgan fingerprint density at radius 3 is 2.79 bits per heavy atom. The number of hydrogen-bond donors (Lipinski definition) is 1. The predicted molar refractivity (Wildman–Crippen MR) is 94.0 cm³/mol. The Morgan fingerprint density at radius 1 is 1.33 bits per heavy atom. The van der Waals surface area contributed by atoms with E-state index in [1.165, 1.54) is 0 Å². The summed E-state index contributed by atoms with van der Waals surface area (Å²) < 4.78 is 1.68. The Kier molecular flexibility index (Phi) is 4.62. The third-order valence-electron chi connectivity index (χ3n) is 3.81. The zero-order valence-corrected chi connectivity index (χ0v) is 15.1. The molecule has 3 aromatic heterocycles. The molecule has 1 atom stereocenters. The second-order valence-electron chi connectivity index (χ2n) is 6.26. The maximum atomic E-state index is 12.4. The van der Waals surface area contributed by atoms with Gasteiger partial charge in [-0.25, -0.2) is 9.50 Å². The summed E-state index contributed by atoms with van der Waals surface area (Å²) in [6.45, 7) is 8.07. The third kappa shape index (κ3) is 3.46. The molecule has 0 aliphatic heterocycles. The van der Waals surface area contributed by atoms with Crippen LogP contribution < -0.4 is 5.32 Å². The van der Waals surface area contributed by atoms with Crippen molar-refractivity contribution in [3.05, 3.63) is 45.7 Å². The van der Waals surface area contributed by atoms with E-state index in [0.717, 1.165) is 16.3 Å². The maximum absolute atomic E-state index is 12.4. The minimum atomic E-state index is -0.0765. The topological polar surface area (TPSA) is 72.2 Å². The highest BCUT2D eigenvalue weighted by Crippen LogP contribution is 2.25. The zero-order chi connectivity index (χ0) is 17.3. The SMILES string of the molecule is Cc1cc(C)n2nc(CC(=O)NC(c3cccs3)C(C)C)nc2n1. The van der Waals surface area contributed by atoms with Gasteiger partial charge in [-0.2, -0.15) is 4.98 Å². The van der Waals surface area contributed by atoms with Crippen LogP contribution in [0.25, 0.3) is 5.78 Å². The first-order valence-electron chi connectivity index (χ1n) is 7.96. The van der Waals surface area contributed by atoms with Gasteiger partial charge in [0.15, 0.2) is 5.82 Å². The van der Waals surface area contributed by atoms with Gasteiger partial charge in [0, 0.05) is 16.3 Å². The van der Waals surface area contributed by atoms with Gasteiger partial charge in [0.05, 0.1) is 12.5 Å². The Hall–Kier alpha value is -2.28. The largest absolute Gasteiger partial charge is 0.348 e. The lowest BCUT2D eigenvalue weighted by molar-refractivity contribution is -0.121. The van der Waals surface area contributed by atoms with Gasteiger partial charge in [-0.05, 0) is 37.3 Å². The summed E-state index contributed by atoms with van der Waals surface area (Å²) in [7, 11) is 0. The summed E-state index contributed by atoms with van der Waals surface area (Å²) in [5.41, 5.74) is 1.84. The van der Waals surface area contributed by atoms with Crippen LogP contribution >= 0.6 is 11.3 Å². The van der Waals surface area contributed by atoms with Gasteiger partial charge in [-0.15, -0.1) is 16.4 Å². The molecule has 0 fully saturated rings. The number of nitrogens with one attached hydrogen (secondary N) is 1. The van der Waals surface area contributed by atoms with Crippen LogP contribution in [0.1, 0.15) is 42.0 Å². The smallest absolute Gasteiger partial charge is 0.252 e. The molecule has 0 saturated carbocycles. The summed E-state index contributed by atoms with van der Waals surface area (Å²) in [4.78, 5) is 22.3. The van der Waals surface area contributed by atoms with E-state index in [-0.39, 0.29) is 18.4 Å². The molecule has 0 spiro atoms. The van der Waals surface area contributed by atoms with E-state index in [2.05, 4.69) is 40.3 Å². The lowest BCUT2D eigenvalue weighted by Crippen LogP contribution is -2.32. The molecule has 0 bridgehead atoms. The van der Waals surface area contributed by atoms with Crippen LogP contribution in [0.2, 0.25) is 0 Å². The molecule has 3 heterocycles. The monoisotopic (exact) mass is 343 g/mol. The average molecular weight is 343 g/mol. The highest BCUT2D eigenvalue weighted by Gasteiger charge is 2.20. The molecule has 1 unspecified atom stereocenters. The summed E-state index contributed by atoms with van der Waals surface area (Å²) in [6.07, 6.45) is 0.149. The number of fused-ring (bicyclic) bond motifs is 1. The van der Waals surface area contributed by atoms with E-state index in [9.17, 15) is 4.79 Å². The lowest BCUT2D eigenvalue weighted by Gasteiger charge is -2.20. The summed E-state index contributed by atoms with van der Waals surface area (Å²) in [5, 5.41) is 9.52. The summed E-state index contributed by atoms with van der Waals surface area (Å²) in [6, 6.07) is 6.00. The molecule has 0 aliphatic rings. The normalized spacial score (nSPS) is 12.7. The van der Waals surface area contributed by atoms with E-state index >= 15 is 0 Å². The van der Waals surface area contributed by atoms with E-state index in [4.69, 9.17) is 0 Å². The first-order chi connectivity index (χ1) is 11.4. The molecular formula is C17H21N5OS. The molecule has 1 N–H and O–H groups in total. The molecule has 0 radical (unpaired) electrons. The second kappa shape index (κ2) is 6.68. The van der Waals surface area contributed by atoms with Crippen LogP contribution in [0.3, 0.4) is 0 Å². The number of hydrogen-bond acceptors (Lipinski definition) is 5. The van der Waals surface area contributed by atoms with Gasteiger partial charge in [0.1, 0.15) is 0 Å². The highest BCUT2D eigenvalue weighted by atomic mass is 32.1. The fraction of sp³-hybridized carbons (Fsp3) is 0.412. The molecule has 3 aromatic rings. The maximum Gasteiger partial charge on any atom is 0.252 e. The van der Waals surface area contributed by atoms with E-state index < -0.39 is 0 Å². The first kappa shape index (κ1) is 16.6. The van der Waals surface area contributed by atoms with Gasteiger partial charge in [-0.1, -0.05) is 19.9 Å². The zero-order valence-electron chi connectivity index (χ0n) is 14.3. The molecule has 0 aromatic carbocycles. The first-order valence-corrected chi connectivity index (χ1v) is 8.84. The Morgan fingerprint density at radius 2 is 2.12 bits per heavy atom. The van der Waals surface area contributed by atoms with Gasteiger partial charge in [0.25, 0.3) is 5.78 Å². The molecular weight excluding hydrogens is 322 g/mol. The van der Waals surface area contributed by atoms with Gasteiger partial charge in [0.2, 0.25) is 5.91 Å². The van der Waals surface area contributed by atoms with Crippen LogP contribution in [0.15, 0.2) is 23.6 Å². The average Bonchev–Trinajstić information content (AvgIpc) is 3.13. The van der Waals surface area contributed by atoms with Crippen LogP contribution in [-0.4, -0.2) is 25.5 Å². The van der Waals surface area contributed by atoms with Gasteiger partial charge in [-0.3, -0.25) is 4.79 Å². The molecule has 7 heteroatoms. The second-order valence-corrected chi connectivity index (χ2v) is 7.24. The summed E-state index contributed by atoms with van der Waals surface area (Å²) >= 11 is 1.65. The number of rotatable bonds is 5. The standard InChI is InChI=1S/C17H21N5OS/c1-10(2)16(13-6-5-7-24-13)20-15(23)9-14-19-17-18-11(3)8-12(4)22(17)21-14/h5-8,10,16H,9H2,1-4H3,(H,20,23). The number of aryl methyl sites for hydroxylation is 2. The fourth-order valence-corrected chi connectivity index (χ4v) is 3.63. The van der Waals surface area contributed by atoms with Crippen molar-refractivity contribution in [2.45, 2.75) is 40.2 Å². The summed E-state index contributed by atoms with van der Waals surface area (Å²) in [5.74, 6) is 1.26. The molecule has 6 nitrogen and oxygen atoms in total.